The number of morpholine rings is 1. The van der Waals surface area contributed by atoms with Gasteiger partial charge in [0.1, 0.15) is 11.6 Å². The average Bonchev–Trinajstić information content (AvgIpc) is 3.17. The van der Waals surface area contributed by atoms with E-state index in [1.807, 2.05) is 37.3 Å². The Bertz CT molecular complexity index is 896. The van der Waals surface area contributed by atoms with E-state index in [0.717, 1.165) is 18.8 Å². The number of para-hydroxylation sites is 2. The molecule has 1 aromatic carbocycles. The third-order valence-electron chi connectivity index (χ3n) is 5.33. The van der Waals surface area contributed by atoms with Crippen LogP contribution in [0.5, 0.6) is 5.75 Å². The van der Waals surface area contributed by atoms with Crippen LogP contribution in [0.1, 0.15) is 13.3 Å². The maximum Gasteiger partial charge on any atom is 0.230 e. The van der Waals surface area contributed by atoms with Crippen molar-refractivity contribution in [2.45, 2.75) is 13.3 Å². The number of anilines is 3. The molecule has 2 amide bonds. The van der Waals surface area contributed by atoms with Gasteiger partial charge in [-0.15, -0.1) is 0 Å². The number of amides is 2. The summed E-state index contributed by atoms with van der Waals surface area (Å²) in [6.07, 6.45) is 1.92. The maximum absolute atomic E-state index is 12.7. The Hall–Kier alpha value is -3.13. The number of carbonyl (C=O) groups is 2. The SMILES string of the molecule is CCOc1ccccc1N1CC(C(=O)Nc2ccc(N3CCOCC3)cn2)CC1=O. The van der Waals surface area contributed by atoms with Crippen molar-refractivity contribution < 1.29 is 19.1 Å². The molecule has 1 aromatic heterocycles. The fourth-order valence-electron chi connectivity index (χ4n) is 3.77. The molecule has 2 aliphatic rings. The molecule has 1 N–H and O–H groups in total. The third-order valence-corrected chi connectivity index (χ3v) is 5.33. The summed E-state index contributed by atoms with van der Waals surface area (Å²) in [5, 5.41) is 2.84. The number of hydrogen-bond donors (Lipinski definition) is 1. The van der Waals surface area contributed by atoms with Gasteiger partial charge in [0.2, 0.25) is 11.8 Å². The van der Waals surface area contributed by atoms with Gasteiger partial charge in [-0.25, -0.2) is 4.98 Å². The molecule has 8 heteroatoms. The van der Waals surface area contributed by atoms with Crippen molar-refractivity contribution in [3.8, 4) is 5.75 Å². The summed E-state index contributed by atoms with van der Waals surface area (Å²) in [6.45, 7) is 5.80. The minimum absolute atomic E-state index is 0.0853. The van der Waals surface area contributed by atoms with Crippen LogP contribution in [0.15, 0.2) is 42.6 Å². The monoisotopic (exact) mass is 410 g/mol. The second kappa shape index (κ2) is 9.13. The Morgan fingerprint density at radius 2 is 2.03 bits per heavy atom. The van der Waals surface area contributed by atoms with Crippen LogP contribution in [0.2, 0.25) is 0 Å². The number of hydrogen-bond acceptors (Lipinski definition) is 6. The lowest BCUT2D eigenvalue weighted by molar-refractivity contribution is -0.122. The smallest absolute Gasteiger partial charge is 0.230 e. The minimum Gasteiger partial charge on any atom is -0.492 e. The van der Waals surface area contributed by atoms with Gasteiger partial charge >= 0.3 is 0 Å². The summed E-state index contributed by atoms with van der Waals surface area (Å²) in [7, 11) is 0. The summed E-state index contributed by atoms with van der Waals surface area (Å²) >= 11 is 0. The van der Waals surface area contributed by atoms with Crippen molar-refractivity contribution >= 4 is 29.0 Å². The van der Waals surface area contributed by atoms with Crippen molar-refractivity contribution in [1.82, 2.24) is 4.98 Å². The largest absolute Gasteiger partial charge is 0.492 e. The van der Waals surface area contributed by atoms with Gasteiger partial charge in [0.25, 0.3) is 0 Å². The second-order valence-corrected chi connectivity index (χ2v) is 7.30. The number of nitrogens with one attached hydrogen (secondary N) is 1. The Labute approximate surface area is 175 Å². The third kappa shape index (κ3) is 4.38. The van der Waals surface area contributed by atoms with Crippen molar-refractivity contribution in [1.29, 1.82) is 0 Å². The Morgan fingerprint density at radius 1 is 1.23 bits per heavy atom. The van der Waals surface area contributed by atoms with Gasteiger partial charge in [-0.1, -0.05) is 12.1 Å². The Kier molecular flexibility index (Phi) is 6.13. The first-order chi connectivity index (χ1) is 14.7. The van der Waals surface area contributed by atoms with Crippen LogP contribution in [-0.4, -0.2) is 56.3 Å². The highest BCUT2D eigenvalue weighted by Crippen LogP contribution is 2.33. The molecule has 4 rings (SSSR count). The highest BCUT2D eigenvalue weighted by Gasteiger charge is 2.36. The minimum atomic E-state index is -0.437. The van der Waals surface area contributed by atoms with Crippen LogP contribution >= 0.6 is 0 Å². The zero-order valence-corrected chi connectivity index (χ0v) is 17.0. The van der Waals surface area contributed by atoms with E-state index in [9.17, 15) is 9.59 Å². The quantitative estimate of drug-likeness (QED) is 0.787. The van der Waals surface area contributed by atoms with Gasteiger partial charge in [0, 0.05) is 26.1 Å². The number of carbonyl (C=O) groups excluding carboxylic acids is 2. The molecule has 2 saturated heterocycles. The number of ether oxygens (including phenoxy) is 2. The van der Waals surface area contributed by atoms with E-state index in [0.29, 0.717) is 43.6 Å². The van der Waals surface area contributed by atoms with E-state index in [2.05, 4.69) is 15.2 Å². The summed E-state index contributed by atoms with van der Waals surface area (Å²) in [4.78, 5) is 33.5. The zero-order chi connectivity index (χ0) is 20.9. The van der Waals surface area contributed by atoms with Crippen molar-refractivity contribution in [3.05, 3.63) is 42.6 Å². The van der Waals surface area contributed by atoms with Crippen molar-refractivity contribution in [2.75, 3.05) is 54.6 Å². The van der Waals surface area contributed by atoms with Gasteiger partial charge in [-0.05, 0) is 31.2 Å². The maximum atomic E-state index is 12.7. The van der Waals surface area contributed by atoms with Gasteiger partial charge in [-0.2, -0.15) is 0 Å². The van der Waals surface area contributed by atoms with E-state index in [1.165, 1.54) is 0 Å². The molecule has 2 aromatic rings. The molecule has 3 heterocycles. The predicted octanol–water partition coefficient (Wildman–Crippen LogP) is 2.31. The lowest BCUT2D eigenvalue weighted by Crippen LogP contribution is -2.36. The van der Waals surface area contributed by atoms with Crippen molar-refractivity contribution in [2.24, 2.45) is 5.92 Å². The Morgan fingerprint density at radius 3 is 2.77 bits per heavy atom. The molecular formula is C22H26N4O4. The molecule has 1 atom stereocenters. The lowest BCUT2D eigenvalue weighted by atomic mass is 10.1. The van der Waals surface area contributed by atoms with Gasteiger partial charge in [0.05, 0.1) is 43.3 Å². The number of nitrogens with zero attached hydrogens (tertiary/aromatic N) is 3. The highest BCUT2D eigenvalue weighted by atomic mass is 16.5. The molecule has 8 nitrogen and oxygen atoms in total. The highest BCUT2D eigenvalue weighted by molar-refractivity contribution is 6.04. The number of rotatable bonds is 6. The molecule has 0 bridgehead atoms. The van der Waals surface area contributed by atoms with E-state index in [4.69, 9.17) is 9.47 Å². The van der Waals surface area contributed by atoms with E-state index in [1.54, 1.807) is 17.2 Å². The molecule has 2 aliphatic heterocycles. The molecule has 0 radical (unpaired) electrons. The fourth-order valence-corrected chi connectivity index (χ4v) is 3.77. The molecule has 0 aliphatic carbocycles. The molecule has 1 unspecified atom stereocenters. The topological polar surface area (TPSA) is 84.0 Å². The predicted molar refractivity (Wildman–Crippen MR) is 114 cm³/mol. The summed E-state index contributed by atoms with van der Waals surface area (Å²) in [6, 6.07) is 11.1. The molecule has 30 heavy (non-hydrogen) atoms. The van der Waals surface area contributed by atoms with Crippen LogP contribution in [0.3, 0.4) is 0 Å². The first-order valence-corrected chi connectivity index (χ1v) is 10.3. The first kappa shape index (κ1) is 20.2. The summed E-state index contributed by atoms with van der Waals surface area (Å²) in [5.41, 5.74) is 1.71. The van der Waals surface area contributed by atoms with E-state index < -0.39 is 5.92 Å². The second-order valence-electron chi connectivity index (χ2n) is 7.30. The standard InChI is InChI=1S/C22H26N4O4/c1-2-30-19-6-4-3-5-18(19)26-15-16(13-21(26)27)22(28)24-20-8-7-17(14-23-20)25-9-11-29-12-10-25/h3-8,14,16H,2,9-13,15H2,1H3,(H,23,24,28). The lowest BCUT2D eigenvalue weighted by Gasteiger charge is -2.28. The molecule has 0 saturated carbocycles. The van der Waals surface area contributed by atoms with Crippen LogP contribution in [0, 0.1) is 5.92 Å². The van der Waals surface area contributed by atoms with Crippen LogP contribution < -0.4 is 19.9 Å². The Balaban J connectivity index is 1.39. The number of benzene rings is 1. The molecule has 0 spiro atoms. The van der Waals surface area contributed by atoms with Crippen LogP contribution in [0.25, 0.3) is 0 Å². The van der Waals surface area contributed by atoms with Crippen LogP contribution in [0.4, 0.5) is 17.2 Å². The first-order valence-electron chi connectivity index (χ1n) is 10.3. The number of aromatic nitrogens is 1. The van der Waals surface area contributed by atoms with Crippen LogP contribution in [-0.2, 0) is 14.3 Å². The normalized spacial score (nSPS) is 19.1. The fraction of sp³-hybridized carbons (Fsp3) is 0.409. The molecule has 158 valence electrons. The van der Waals surface area contributed by atoms with Crippen molar-refractivity contribution in [3.63, 3.8) is 0 Å². The van der Waals surface area contributed by atoms with Gasteiger partial charge in [0.15, 0.2) is 0 Å². The van der Waals surface area contributed by atoms with Gasteiger partial charge < -0.3 is 24.6 Å². The van der Waals surface area contributed by atoms with Gasteiger partial charge in [-0.3, -0.25) is 9.59 Å². The van der Waals surface area contributed by atoms with E-state index in [-0.39, 0.29) is 18.2 Å². The van der Waals surface area contributed by atoms with E-state index >= 15 is 0 Å². The summed E-state index contributed by atoms with van der Waals surface area (Å²) in [5.74, 6) is 0.407. The average molecular weight is 410 g/mol. The number of pyridine rings is 1. The zero-order valence-electron chi connectivity index (χ0n) is 17.0. The molecular weight excluding hydrogens is 384 g/mol. The summed E-state index contributed by atoms with van der Waals surface area (Å²) < 4.78 is 11.0. The molecule has 2 fully saturated rings.